The van der Waals surface area contributed by atoms with Crippen LogP contribution in [0.15, 0.2) is 46.5 Å². The summed E-state index contributed by atoms with van der Waals surface area (Å²) in [7, 11) is -3.91. The summed E-state index contributed by atoms with van der Waals surface area (Å²) in [5.74, 6) is 0.960. The molecule has 4 aromatic rings. The number of nitrogens with one attached hydrogen (secondary N) is 1. The van der Waals surface area contributed by atoms with Crippen molar-refractivity contribution in [1.82, 2.24) is 24.6 Å². The highest BCUT2D eigenvalue weighted by atomic mass is 32.2. The van der Waals surface area contributed by atoms with Gasteiger partial charge in [-0.2, -0.15) is 0 Å². The quantitative estimate of drug-likeness (QED) is 0.520. The Morgan fingerprint density at radius 3 is 2.77 bits per heavy atom. The maximum atomic E-state index is 13.5. The maximum Gasteiger partial charge on any atom is 0.228 e. The van der Waals surface area contributed by atoms with Crippen molar-refractivity contribution in [2.75, 3.05) is 0 Å². The van der Waals surface area contributed by atoms with Crippen LogP contribution in [0.4, 0.5) is 0 Å². The lowest BCUT2D eigenvalue weighted by Crippen LogP contribution is -2.12. The van der Waals surface area contributed by atoms with Gasteiger partial charge in [0, 0.05) is 12.1 Å². The molecule has 0 unspecified atom stereocenters. The molecule has 0 saturated heterocycles. The molecule has 0 spiro atoms. The van der Waals surface area contributed by atoms with Crippen molar-refractivity contribution in [1.29, 1.82) is 0 Å². The zero-order valence-corrected chi connectivity index (χ0v) is 17.6. The molecule has 30 heavy (non-hydrogen) atoms. The van der Waals surface area contributed by atoms with Crippen molar-refractivity contribution in [3.63, 3.8) is 0 Å². The minimum absolute atomic E-state index is 0.00881. The number of nitrogens with zero attached hydrogens (tertiary/aromatic N) is 4. The zero-order valence-electron chi connectivity index (χ0n) is 16.8. The van der Waals surface area contributed by atoms with E-state index in [1.165, 1.54) is 0 Å². The lowest BCUT2D eigenvalue weighted by atomic mass is 9.93. The standard InChI is InChI=1S/C21H23N5O3S/c1-3-13-10-14(27)11-15(13)19-24-25-20-21(23-18-16(26(19)20)8-9-22-18)30(28,29)17-7-5-4-6-12(17)2/h4-9,13-15,22,27H,3,10-11H2,1-2H3/t13-,14+,15+/m1/s1. The van der Waals surface area contributed by atoms with E-state index in [1.54, 1.807) is 41.8 Å². The van der Waals surface area contributed by atoms with Crippen LogP contribution in [0, 0.1) is 12.8 Å². The molecule has 156 valence electrons. The summed E-state index contributed by atoms with van der Waals surface area (Å²) in [4.78, 5) is 7.67. The molecule has 9 heteroatoms. The lowest BCUT2D eigenvalue weighted by Gasteiger charge is -2.16. The number of hydrogen-bond acceptors (Lipinski definition) is 6. The number of benzene rings is 1. The second kappa shape index (κ2) is 6.88. The first-order chi connectivity index (χ1) is 14.4. The SMILES string of the molecule is CC[C@@H]1C[C@H](O)C[C@@H]1c1nnc2c(S(=O)(=O)c3ccccc3C)nc3[nH]ccc3n12. The number of sulfone groups is 1. The third-order valence-electron chi connectivity index (χ3n) is 6.20. The first kappa shape index (κ1) is 19.2. The predicted octanol–water partition coefficient (Wildman–Crippen LogP) is 3.01. The van der Waals surface area contributed by atoms with Gasteiger partial charge in [0.2, 0.25) is 14.9 Å². The number of fused-ring (bicyclic) bond motifs is 3. The molecule has 1 saturated carbocycles. The lowest BCUT2D eigenvalue weighted by molar-refractivity contribution is 0.176. The van der Waals surface area contributed by atoms with Gasteiger partial charge in [-0.3, -0.25) is 4.40 Å². The maximum absolute atomic E-state index is 13.5. The highest BCUT2D eigenvalue weighted by molar-refractivity contribution is 7.91. The summed E-state index contributed by atoms with van der Waals surface area (Å²) in [5, 5.41) is 18.8. The van der Waals surface area contributed by atoms with E-state index in [-0.39, 0.29) is 33.5 Å². The molecule has 0 bridgehead atoms. The molecule has 2 N–H and O–H groups in total. The monoisotopic (exact) mass is 425 g/mol. The fraction of sp³-hybridized carbons (Fsp3) is 0.381. The van der Waals surface area contributed by atoms with E-state index >= 15 is 0 Å². The van der Waals surface area contributed by atoms with Gasteiger partial charge in [0.1, 0.15) is 5.82 Å². The third kappa shape index (κ3) is 2.76. The van der Waals surface area contributed by atoms with Gasteiger partial charge in [-0.15, -0.1) is 10.2 Å². The second-order valence-electron chi connectivity index (χ2n) is 8.01. The van der Waals surface area contributed by atoms with Crippen LogP contribution in [0.25, 0.3) is 16.8 Å². The molecule has 0 aliphatic heterocycles. The van der Waals surface area contributed by atoms with E-state index < -0.39 is 9.84 Å². The first-order valence-electron chi connectivity index (χ1n) is 10.1. The number of aliphatic hydroxyl groups is 1. The molecule has 3 atom stereocenters. The molecular formula is C21H23N5O3S. The molecule has 1 aromatic carbocycles. The van der Waals surface area contributed by atoms with Crippen molar-refractivity contribution < 1.29 is 13.5 Å². The van der Waals surface area contributed by atoms with Crippen molar-refractivity contribution in [2.45, 2.75) is 55.1 Å². The summed E-state index contributed by atoms with van der Waals surface area (Å²) < 4.78 is 28.9. The molecule has 1 aliphatic rings. The van der Waals surface area contributed by atoms with Crippen molar-refractivity contribution in [3.8, 4) is 0 Å². The van der Waals surface area contributed by atoms with Gasteiger partial charge in [0.15, 0.2) is 11.3 Å². The average Bonchev–Trinajstić information content (AvgIpc) is 3.44. The number of aromatic nitrogens is 5. The van der Waals surface area contributed by atoms with Gasteiger partial charge < -0.3 is 10.1 Å². The number of aryl methyl sites for hydroxylation is 1. The predicted molar refractivity (Wildman–Crippen MR) is 111 cm³/mol. The Kier molecular flexibility index (Phi) is 4.41. The zero-order chi connectivity index (χ0) is 21.0. The largest absolute Gasteiger partial charge is 0.393 e. The summed E-state index contributed by atoms with van der Waals surface area (Å²) in [5.41, 5.74) is 2.05. The fourth-order valence-electron chi connectivity index (χ4n) is 4.69. The van der Waals surface area contributed by atoms with Crippen molar-refractivity contribution in [2.24, 2.45) is 5.92 Å². The Labute approximate surface area is 173 Å². The minimum atomic E-state index is -3.91. The van der Waals surface area contributed by atoms with Crippen LogP contribution in [0.1, 0.15) is 43.5 Å². The van der Waals surface area contributed by atoms with Gasteiger partial charge in [-0.05, 0) is 43.4 Å². The Bertz CT molecular complexity index is 1360. The van der Waals surface area contributed by atoms with E-state index in [2.05, 4.69) is 27.1 Å². The fourth-order valence-corrected chi connectivity index (χ4v) is 6.23. The normalized spacial score (nSPS) is 22.3. The van der Waals surface area contributed by atoms with Gasteiger partial charge in [-0.1, -0.05) is 31.5 Å². The van der Waals surface area contributed by atoms with Gasteiger partial charge in [0.25, 0.3) is 0 Å². The van der Waals surface area contributed by atoms with Crippen LogP contribution in [0.2, 0.25) is 0 Å². The summed E-state index contributed by atoms with van der Waals surface area (Å²) in [6, 6.07) is 8.69. The third-order valence-corrected chi connectivity index (χ3v) is 8.02. The number of hydrogen-bond donors (Lipinski definition) is 2. The molecule has 1 aliphatic carbocycles. The Balaban J connectivity index is 1.79. The molecule has 8 nitrogen and oxygen atoms in total. The summed E-state index contributed by atoms with van der Waals surface area (Å²) in [6.45, 7) is 3.86. The topological polar surface area (TPSA) is 113 Å². The van der Waals surface area contributed by atoms with Gasteiger partial charge in [0.05, 0.1) is 16.5 Å². The van der Waals surface area contributed by atoms with E-state index in [4.69, 9.17) is 0 Å². The number of rotatable bonds is 4. The second-order valence-corrected chi connectivity index (χ2v) is 9.85. The number of aromatic amines is 1. The molecular weight excluding hydrogens is 402 g/mol. The van der Waals surface area contributed by atoms with Crippen LogP contribution in [0.5, 0.6) is 0 Å². The van der Waals surface area contributed by atoms with Crippen molar-refractivity contribution >= 4 is 26.6 Å². The summed E-state index contributed by atoms with van der Waals surface area (Å²) >= 11 is 0. The Hall–Kier alpha value is -2.78. The molecule has 3 heterocycles. The molecule has 0 amide bonds. The van der Waals surface area contributed by atoms with Crippen LogP contribution < -0.4 is 0 Å². The number of H-pyrrole nitrogens is 1. The average molecular weight is 426 g/mol. The van der Waals surface area contributed by atoms with E-state index in [0.29, 0.717) is 29.9 Å². The van der Waals surface area contributed by atoms with Gasteiger partial charge >= 0.3 is 0 Å². The molecule has 3 aromatic heterocycles. The van der Waals surface area contributed by atoms with Crippen LogP contribution in [0.3, 0.4) is 0 Å². The van der Waals surface area contributed by atoms with E-state index in [9.17, 15) is 13.5 Å². The molecule has 1 fully saturated rings. The number of aliphatic hydroxyl groups excluding tert-OH is 1. The molecule has 0 radical (unpaired) electrons. The Morgan fingerprint density at radius 1 is 1.20 bits per heavy atom. The molecule has 5 rings (SSSR count). The van der Waals surface area contributed by atoms with E-state index in [0.717, 1.165) is 11.9 Å². The van der Waals surface area contributed by atoms with Crippen LogP contribution in [-0.4, -0.2) is 44.2 Å². The first-order valence-corrected chi connectivity index (χ1v) is 11.6. The van der Waals surface area contributed by atoms with E-state index in [1.807, 2.05) is 6.07 Å². The van der Waals surface area contributed by atoms with Crippen LogP contribution >= 0.6 is 0 Å². The van der Waals surface area contributed by atoms with Gasteiger partial charge in [-0.25, -0.2) is 13.4 Å². The minimum Gasteiger partial charge on any atom is -0.393 e. The van der Waals surface area contributed by atoms with Crippen LogP contribution in [-0.2, 0) is 9.84 Å². The summed E-state index contributed by atoms with van der Waals surface area (Å²) in [6.07, 6.45) is 3.56. The Morgan fingerprint density at radius 2 is 2.00 bits per heavy atom. The van der Waals surface area contributed by atoms with Crippen molar-refractivity contribution in [3.05, 3.63) is 47.9 Å². The highest BCUT2D eigenvalue weighted by Gasteiger charge is 2.37. The highest BCUT2D eigenvalue weighted by Crippen LogP contribution is 2.42. The smallest absolute Gasteiger partial charge is 0.228 e.